The van der Waals surface area contributed by atoms with Crippen LogP contribution in [0.5, 0.6) is 0 Å². The van der Waals surface area contributed by atoms with Gasteiger partial charge in [-0.15, -0.1) is 0 Å². The lowest BCUT2D eigenvalue weighted by Crippen LogP contribution is -2.46. The van der Waals surface area contributed by atoms with Gasteiger partial charge in [0.25, 0.3) is 0 Å². The molecule has 2 heterocycles. The summed E-state index contributed by atoms with van der Waals surface area (Å²) < 4.78 is 0. The van der Waals surface area contributed by atoms with Crippen molar-refractivity contribution in [3.05, 3.63) is 66.1 Å². The van der Waals surface area contributed by atoms with Crippen molar-refractivity contribution in [1.82, 2.24) is 14.9 Å². The first-order valence-electron chi connectivity index (χ1n) is 8.70. The normalized spacial score (nSPS) is 15.3. The summed E-state index contributed by atoms with van der Waals surface area (Å²) in [5.41, 5.74) is 1.32. The van der Waals surface area contributed by atoms with E-state index in [1.54, 1.807) is 6.20 Å². The van der Waals surface area contributed by atoms with Crippen LogP contribution in [0.2, 0.25) is 0 Å². The molecule has 0 aliphatic carbocycles. The third-order valence-electron chi connectivity index (χ3n) is 4.83. The first-order chi connectivity index (χ1) is 12.7. The Bertz CT molecular complexity index is 913. The molecule has 0 radical (unpaired) electrons. The summed E-state index contributed by atoms with van der Waals surface area (Å²) in [5.74, 6) is -0.316. The fraction of sp³-hybridized carbons (Fsp3) is 0.250. The van der Waals surface area contributed by atoms with E-state index in [4.69, 9.17) is 5.11 Å². The number of benzene rings is 2. The molecule has 1 N–H and O–H groups in total. The zero-order valence-corrected chi connectivity index (χ0v) is 14.4. The summed E-state index contributed by atoms with van der Waals surface area (Å²) in [4.78, 5) is 23.7. The fourth-order valence-corrected chi connectivity index (χ4v) is 3.40. The van der Waals surface area contributed by atoms with Gasteiger partial charge < -0.3 is 10.0 Å². The summed E-state index contributed by atoms with van der Waals surface area (Å²) in [5, 5.41) is 11.5. The average molecular weight is 348 g/mol. The molecule has 0 spiro atoms. The third kappa shape index (κ3) is 3.36. The third-order valence-corrected chi connectivity index (χ3v) is 4.83. The van der Waals surface area contributed by atoms with Gasteiger partial charge in [0.05, 0.1) is 12.4 Å². The van der Waals surface area contributed by atoms with Crippen LogP contribution in [0.15, 0.2) is 54.9 Å². The zero-order valence-electron chi connectivity index (χ0n) is 14.4. The summed E-state index contributed by atoms with van der Waals surface area (Å²) in [6.45, 7) is 4.51. The van der Waals surface area contributed by atoms with Gasteiger partial charge >= 0.3 is 5.97 Å². The number of carboxylic acids is 1. The zero-order chi connectivity index (χ0) is 17.9. The average Bonchev–Trinajstić information content (AvgIpc) is 2.69. The van der Waals surface area contributed by atoms with Crippen LogP contribution in [0.25, 0.3) is 10.8 Å². The number of carboxylic acid groups (broad SMARTS) is 1. The second kappa shape index (κ2) is 7.09. The first kappa shape index (κ1) is 16.5. The van der Waals surface area contributed by atoms with Crippen LogP contribution < -0.4 is 4.90 Å². The van der Waals surface area contributed by atoms with Gasteiger partial charge in [0.15, 0.2) is 5.69 Å². The van der Waals surface area contributed by atoms with E-state index in [0.717, 1.165) is 38.5 Å². The highest BCUT2D eigenvalue weighted by molar-refractivity contribution is 5.85. The lowest BCUT2D eigenvalue weighted by atomic mass is 10.0. The largest absolute Gasteiger partial charge is 0.476 e. The number of hydrogen-bond acceptors (Lipinski definition) is 5. The predicted octanol–water partition coefficient (Wildman–Crippen LogP) is 2.65. The van der Waals surface area contributed by atoms with E-state index in [9.17, 15) is 4.79 Å². The van der Waals surface area contributed by atoms with Gasteiger partial charge in [0, 0.05) is 32.7 Å². The molecule has 26 heavy (non-hydrogen) atoms. The van der Waals surface area contributed by atoms with Gasteiger partial charge in [-0.2, -0.15) is 0 Å². The minimum absolute atomic E-state index is 0.0247. The van der Waals surface area contributed by atoms with Crippen molar-refractivity contribution in [2.45, 2.75) is 6.54 Å². The number of aromatic carboxylic acids is 1. The Balaban J connectivity index is 1.41. The molecule has 0 atom stereocenters. The Kier molecular flexibility index (Phi) is 4.50. The molecule has 6 nitrogen and oxygen atoms in total. The van der Waals surface area contributed by atoms with Gasteiger partial charge in [0.2, 0.25) is 0 Å². The van der Waals surface area contributed by atoms with Gasteiger partial charge in [-0.1, -0.05) is 42.5 Å². The van der Waals surface area contributed by atoms with Crippen molar-refractivity contribution in [1.29, 1.82) is 0 Å². The Morgan fingerprint density at radius 3 is 2.46 bits per heavy atom. The number of fused-ring (bicyclic) bond motifs is 1. The van der Waals surface area contributed by atoms with Gasteiger partial charge in [0.1, 0.15) is 5.82 Å². The molecule has 132 valence electrons. The number of anilines is 1. The molecule has 1 aromatic heterocycles. The van der Waals surface area contributed by atoms with E-state index >= 15 is 0 Å². The van der Waals surface area contributed by atoms with Crippen LogP contribution in [0.3, 0.4) is 0 Å². The standard InChI is InChI=1S/C20H20N4O2/c25-20(26)18-12-22-19(13-21-18)24-10-8-23(9-11-24)14-16-6-3-5-15-4-1-2-7-17(15)16/h1-7,12-13H,8-11,14H2,(H,25,26). The Hall–Kier alpha value is -2.99. The Morgan fingerprint density at radius 1 is 0.962 bits per heavy atom. The number of aromatic nitrogens is 2. The first-order valence-corrected chi connectivity index (χ1v) is 8.70. The van der Waals surface area contributed by atoms with E-state index in [-0.39, 0.29) is 5.69 Å². The lowest BCUT2D eigenvalue weighted by Gasteiger charge is -2.35. The van der Waals surface area contributed by atoms with Crippen molar-refractivity contribution < 1.29 is 9.90 Å². The van der Waals surface area contributed by atoms with E-state index in [1.807, 2.05) is 0 Å². The molecule has 4 rings (SSSR count). The monoisotopic (exact) mass is 348 g/mol. The second-order valence-corrected chi connectivity index (χ2v) is 6.47. The van der Waals surface area contributed by atoms with Crippen LogP contribution in [-0.2, 0) is 6.54 Å². The van der Waals surface area contributed by atoms with Crippen molar-refractivity contribution >= 4 is 22.6 Å². The van der Waals surface area contributed by atoms with Crippen molar-refractivity contribution in [3.8, 4) is 0 Å². The molecular weight excluding hydrogens is 328 g/mol. The summed E-state index contributed by atoms with van der Waals surface area (Å²) in [6, 6.07) is 15.0. The molecule has 0 saturated carbocycles. The number of piperazine rings is 1. The van der Waals surface area contributed by atoms with Crippen LogP contribution in [0.1, 0.15) is 16.1 Å². The molecule has 1 aliphatic heterocycles. The minimum Gasteiger partial charge on any atom is -0.476 e. The van der Waals surface area contributed by atoms with Crippen LogP contribution in [0, 0.1) is 0 Å². The van der Waals surface area contributed by atoms with Crippen LogP contribution >= 0.6 is 0 Å². The molecule has 6 heteroatoms. The maximum Gasteiger partial charge on any atom is 0.356 e. The number of carbonyl (C=O) groups is 1. The van der Waals surface area contributed by atoms with E-state index in [2.05, 4.69) is 62.2 Å². The Morgan fingerprint density at radius 2 is 1.73 bits per heavy atom. The summed E-state index contributed by atoms with van der Waals surface area (Å²) in [6.07, 6.45) is 2.87. The van der Waals surface area contributed by atoms with Crippen LogP contribution in [0.4, 0.5) is 5.82 Å². The summed E-state index contributed by atoms with van der Waals surface area (Å²) >= 11 is 0. The fourth-order valence-electron chi connectivity index (χ4n) is 3.40. The van der Waals surface area contributed by atoms with Gasteiger partial charge in [-0.3, -0.25) is 4.90 Å². The number of nitrogens with zero attached hydrogens (tertiary/aromatic N) is 4. The SMILES string of the molecule is O=C(O)c1cnc(N2CCN(Cc3cccc4ccccc34)CC2)cn1. The molecule has 1 fully saturated rings. The quantitative estimate of drug-likeness (QED) is 0.782. The Labute approximate surface area is 151 Å². The lowest BCUT2D eigenvalue weighted by molar-refractivity contribution is 0.0690. The highest BCUT2D eigenvalue weighted by Gasteiger charge is 2.19. The van der Waals surface area contributed by atoms with Crippen LogP contribution in [-0.4, -0.2) is 52.1 Å². The minimum atomic E-state index is -1.05. The topological polar surface area (TPSA) is 69.6 Å². The van der Waals surface area contributed by atoms with Crippen molar-refractivity contribution in [2.24, 2.45) is 0 Å². The van der Waals surface area contributed by atoms with E-state index in [1.165, 1.54) is 22.5 Å². The maximum atomic E-state index is 10.9. The molecule has 1 saturated heterocycles. The highest BCUT2D eigenvalue weighted by Crippen LogP contribution is 2.21. The summed E-state index contributed by atoms with van der Waals surface area (Å²) in [7, 11) is 0. The van der Waals surface area contributed by atoms with E-state index in [0.29, 0.717) is 0 Å². The predicted molar refractivity (Wildman–Crippen MR) is 100 cm³/mol. The van der Waals surface area contributed by atoms with Gasteiger partial charge in [-0.25, -0.2) is 14.8 Å². The highest BCUT2D eigenvalue weighted by atomic mass is 16.4. The molecule has 0 bridgehead atoms. The number of rotatable bonds is 4. The molecule has 2 aromatic carbocycles. The van der Waals surface area contributed by atoms with E-state index < -0.39 is 5.97 Å². The maximum absolute atomic E-state index is 10.9. The molecule has 0 amide bonds. The van der Waals surface area contributed by atoms with Crippen molar-refractivity contribution in [3.63, 3.8) is 0 Å². The number of hydrogen-bond donors (Lipinski definition) is 1. The second-order valence-electron chi connectivity index (χ2n) is 6.47. The van der Waals surface area contributed by atoms with Gasteiger partial charge in [-0.05, 0) is 16.3 Å². The molecular formula is C20H20N4O2. The molecule has 0 unspecified atom stereocenters. The smallest absolute Gasteiger partial charge is 0.356 e. The molecule has 1 aliphatic rings. The molecule has 3 aromatic rings. The van der Waals surface area contributed by atoms with Crippen molar-refractivity contribution in [2.75, 3.05) is 31.1 Å².